The number of rotatable bonds is 3. The second-order valence-electron chi connectivity index (χ2n) is 5.29. The quantitative estimate of drug-likeness (QED) is 0.807. The summed E-state index contributed by atoms with van der Waals surface area (Å²) in [7, 11) is 0. The highest BCUT2D eigenvalue weighted by Gasteiger charge is 2.40. The first kappa shape index (κ1) is 17.1. The maximum absolute atomic E-state index is 13.5. The van der Waals surface area contributed by atoms with E-state index in [-0.39, 0.29) is 24.1 Å². The predicted molar refractivity (Wildman–Crippen MR) is 78.3 cm³/mol. The van der Waals surface area contributed by atoms with E-state index in [1.54, 1.807) is 19.1 Å². The monoisotopic (exact) mass is 327 g/mol. The van der Waals surface area contributed by atoms with Gasteiger partial charge in [0.15, 0.2) is 0 Å². The van der Waals surface area contributed by atoms with Crippen LogP contribution in [0.2, 0.25) is 0 Å². The van der Waals surface area contributed by atoms with Gasteiger partial charge < -0.3 is 4.74 Å². The van der Waals surface area contributed by atoms with Crippen molar-refractivity contribution in [3.63, 3.8) is 0 Å². The number of fused-ring (bicyclic) bond motifs is 1. The molecule has 0 aliphatic heterocycles. The third-order valence-corrected chi connectivity index (χ3v) is 3.47. The van der Waals surface area contributed by atoms with E-state index in [2.05, 4.69) is 0 Å². The van der Waals surface area contributed by atoms with Crippen LogP contribution in [-0.4, -0.2) is 23.1 Å². The van der Waals surface area contributed by atoms with Gasteiger partial charge in [-0.3, -0.25) is 14.2 Å². The van der Waals surface area contributed by atoms with Crippen molar-refractivity contribution in [1.82, 2.24) is 4.57 Å². The number of aryl methyl sites for hydroxylation is 1. The molecule has 2 aromatic rings. The fourth-order valence-corrected chi connectivity index (χ4v) is 2.64. The number of benzene rings is 1. The van der Waals surface area contributed by atoms with Crippen LogP contribution in [0.5, 0.6) is 0 Å². The molecule has 0 unspecified atom stereocenters. The van der Waals surface area contributed by atoms with Crippen LogP contribution in [0.15, 0.2) is 18.2 Å². The fourth-order valence-electron chi connectivity index (χ4n) is 2.64. The number of esters is 1. The van der Waals surface area contributed by atoms with Crippen LogP contribution in [0.4, 0.5) is 13.2 Å². The number of carbonyl (C=O) groups excluding carboxylic acids is 2. The molecular formula is C16H16F3NO3. The topological polar surface area (TPSA) is 48.3 Å². The zero-order chi connectivity index (χ0) is 17.4. The average molecular weight is 327 g/mol. The lowest BCUT2D eigenvalue weighted by molar-refractivity contribution is -0.143. The minimum absolute atomic E-state index is 0.0346. The SMILES string of the molecule is CC(=O)OCCc1c(C(F)(F)F)n(C(C)=O)c2ccc(C)cc12. The molecule has 0 fully saturated rings. The van der Waals surface area contributed by atoms with Crippen LogP contribution in [0.25, 0.3) is 10.9 Å². The molecule has 0 amide bonds. The lowest BCUT2D eigenvalue weighted by atomic mass is 10.1. The van der Waals surface area contributed by atoms with Gasteiger partial charge in [-0.15, -0.1) is 0 Å². The normalized spacial score (nSPS) is 11.7. The number of nitrogens with zero attached hydrogens (tertiary/aromatic N) is 1. The maximum Gasteiger partial charge on any atom is 0.432 e. The molecule has 0 spiro atoms. The van der Waals surface area contributed by atoms with Gasteiger partial charge in [0.05, 0.1) is 12.1 Å². The smallest absolute Gasteiger partial charge is 0.432 e. The van der Waals surface area contributed by atoms with Crippen molar-refractivity contribution in [3.05, 3.63) is 35.0 Å². The largest absolute Gasteiger partial charge is 0.466 e. The van der Waals surface area contributed by atoms with Gasteiger partial charge in [0, 0.05) is 25.7 Å². The Kier molecular flexibility index (Phi) is 4.49. The summed E-state index contributed by atoms with van der Waals surface area (Å²) in [5.41, 5.74) is -0.0562. The van der Waals surface area contributed by atoms with Gasteiger partial charge in [-0.1, -0.05) is 11.6 Å². The first-order valence-electron chi connectivity index (χ1n) is 6.98. The molecule has 0 atom stereocenters. The molecule has 0 bridgehead atoms. The van der Waals surface area contributed by atoms with Crippen molar-refractivity contribution in [2.24, 2.45) is 0 Å². The third-order valence-electron chi connectivity index (χ3n) is 3.47. The molecule has 1 aromatic carbocycles. The van der Waals surface area contributed by atoms with E-state index < -0.39 is 23.7 Å². The standard InChI is InChI=1S/C16H16F3NO3/c1-9-4-5-14-13(8-9)12(6-7-23-11(3)22)15(16(17,18)19)20(14)10(2)21/h4-5,8H,6-7H2,1-3H3. The van der Waals surface area contributed by atoms with Gasteiger partial charge in [-0.05, 0) is 24.6 Å². The minimum Gasteiger partial charge on any atom is -0.466 e. The number of alkyl halides is 3. The summed E-state index contributed by atoms with van der Waals surface area (Å²) >= 11 is 0. The maximum atomic E-state index is 13.5. The van der Waals surface area contributed by atoms with Crippen molar-refractivity contribution in [3.8, 4) is 0 Å². The molecule has 1 aromatic heterocycles. The first-order valence-corrected chi connectivity index (χ1v) is 6.98. The van der Waals surface area contributed by atoms with E-state index in [4.69, 9.17) is 4.74 Å². The Balaban J connectivity index is 2.71. The van der Waals surface area contributed by atoms with E-state index in [1.165, 1.54) is 13.0 Å². The number of aromatic nitrogens is 1. The Morgan fingerprint density at radius 2 is 1.87 bits per heavy atom. The van der Waals surface area contributed by atoms with Gasteiger partial charge >= 0.3 is 12.1 Å². The van der Waals surface area contributed by atoms with Crippen LogP contribution in [0, 0.1) is 6.92 Å². The molecule has 0 aliphatic carbocycles. The average Bonchev–Trinajstić information content (AvgIpc) is 2.72. The first-order chi connectivity index (χ1) is 10.6. The van der Waals surface area contributed by atoms with Crippen LogP contribution in [0.1, 0.15) is 35.5 Å². The van der Waals surface area contributed by atoms with Crippen LogP contribution in [-0.2, 0) is 22.1 Å². The molecule has 23 heavy (non-hydrogen) atoms. The molecule has 0 saturated heterocycles. The van der Waals surface area contributed by atoms with Crippen LogP contribution < -0.4 is 0 Å². The van der Waals surface area contributed by atoms with Crippen LogP contribution in [0.3, 0.4) is 0 Å². The van der Waals surface area contributed by atoms with Crippen LogP contribution >= 0.6 is 0 Å². The highest BCUT2D eigenvalue weighted by atomic mass is 19.4. The fraction of sp³-hybridized carbons (Fsp3) is 0.375. The Morgan fingerprint density at radius 3 is 2.39 bits per heavy atom. The molecule has 4 nitrogen and oxygen atoms in total. The summed E-state index contributed by atoms with van der Waals surface area (Å²) in [6.07, 6.45) is -4.81. The van der Waals surface area contributed by atoms with Gasteiger partial charge in [0.2, 0.25) is 5.91 Å². The second kappa shape index (κ2) is 6.06. The van der Waals surface area contributed by atoms with E-state index >= 15 is 0 Å². The van der Waals surface area contributed by atoms with Crippen molar-refractivity contribution >= 4 is 22.8 Å². The van der Waals surface area contributed by atoms with E-state index in [9.17, 15) is 22.8 Å². The molecule has 0 N–H and O–H groups in total. The summed E-state index contributed by atoms with van der Waals surface area (Å²) in [5, 5.41) is 0.347. The van der Waals surface area contributed by atoms with Crippen molar-refractivity contribution < 1.29 is 27.5 Å². The summed E-state index contributed by atoms with van der Waals surface area (Å²) in [4.78, 5) is 22.6. The lowest BCUT2D eigenvalue weighted by Gasteiger charge is -2.12. The molecule has 0 saturated carbocycles. The summed E-state index contributed by atoms with van der Waals surface area (Å²) < 4.78 is 46.0. The van der Waals surface area contributed by atoms with E-state index in [1.807, 2.05) is 0 Å². The summed E-state index contributed by atoms with van der Waals surface area (Å²) in [6.45, 7) is 3.86. The van der Waals surface area contributed by atoms with Gasteiger partial charge in [-0.25, -0.2) is 0 Å². The molecule has 7 heteroatoms. The van der Waals surface area contributed by atoms with Crippen molar-refractivity contribution in [1.29, 1.82) is 0 Å². The Morgan fingerprint density at radius 1 is 1.22 bits per heavy atom. The van der Waals surface area contributed by atoms with Gasteiger partial charge in [-0.2, -0.15) is 13.2 Å². The minimum atomic E-state index is -4.69. The Bertz CT molecular complexity index is 775. The number of hydrogen-bond acceptors (Lipinski definition) is 3. The summed E-state index contributed by atoms with van der Waals surface area (Å²) in [6, 6.07) is 4.75. The lowest BCUT2D eigenvalue weighted by Crippen LogP contribution is -2.19. The van der Waals surface area contributed by atoms with Crippen molar-refractivity contribution in [2.75, 3.05) is 6.61 Å². The van der Waals surface area contributed by atoms with E-state index in [0.29, 0.717) is 9.95 Å². The zero-order valence-corrected chi connectivity index (χ0v) is 13.0. The second-order valence-corrected chi connectivity index (χ2v) is 5.29. The zero-order valence-electron chi connectivity index (χ0n) is 13.0. The Labute approximate surface area is 130 Å². The van der Waals surface area contributed by atoms with E-state index in [0.717, 1.165) is 12.5 Å². The molecule has 2 rings (SSSR count). The number of ether oxygens (including phenoxy) is 1. The molecule has 124 valence electrons. The third kappa shape index (κ3) is 3.38. The molecular weight excluding hydrogens is 311 g/mol. The van der Waals surface area contributed by atoms with Crippen molar-refractivity contribution in [2.45, 2.75) is 33.4 Å². The van der Waals surface area contributed by atoms with Gasteiger partial charge in [0.1, 0.15) is 5.69 Å². The number of hydrogen-bond donors (Lipinski definition) is 0. The predicted octanol–water partition coefficient (Wildman–Crippen LogP) is 3.73. The molecule has 1 heterocycles. The molecule has 0 aliphatic rings. The highest BCUT2D eigenvalue weighted by Crippen LogP contribution is 2.38. The molecule has 0 radical (unpaired) electrons. The highest BCUT2D eigenvalue weighted by molar-refractivity contribution is 5.95. The Hall–Kier alpha value is -2.31. The summed E-state index contributed by atoms with van der Waals surface area (Å²) in [5.74, 6) is -1.28. The number of halogens is 3. The van der Waals surface area contributed by atoms with Gasteiger partial charge in [0.25, 0.3) is 0 Å². The number of carbonyl (C=O) groups is 2.